The molecule has 0 aliphatic carbocycles. The summed E-state index contributed by atoms with van der Waals surface area (Å²) in [5.41, 5.74) is 2.67. The molecule has 1 atom stereocenters. The number of carbonyl (C=O) groups is 2. The van der Waals surface area contributed by atoms with Gasteiger partial charge in [0.25, 0.3) is 0 Å². The maximum absolute atomic E-state index is 13.8. The first-order valence-electron chi connectivity index (χ1n) is 9.90. The molecule has 2 aromatic carbocycles. The van der Waals surface area contributed by atoms with Crippen molar-refractivity contribution < 1.29 is 14.0 Å². The van der Waals surface area contributed by atoms with Crippen LogP contribution >= 0.6 is 11.8 Å². The molecular formula is C23H29FN2O2S. The van der Waals surface area contributed by atoms with Crippen molar-refractivity contribution in [1.29, 1.82) is 0 Å². The lowest BCUT2D eigenvalue weighted by molar-refractivity contribution is -0.139. The van der Waals surface area contributed by atoms with Gasteiger partial charge in [-0.2, -0.15) is 0 Å². The van der Waals surface area contributed by atoms with E-state index in [9.17, 15) is 14.0 Å². The molecule has 1 unspecified atom stereocenters. The molecule has 0 fully saturated rings. The summed E-state index contributed by atoms with van der Waals surface area (Å²) in [5.74, 6) is 0.0731. The van der Waals surface area contributed by atoms with Crippen LogP contribution in [-0.4, -0.2) is 35.1 Å². The summed E-state index contributed by atoms with van der Waals surface area (Å²) in [6.45, 7) is 6.66. The summed E-state index contributed by atoms with van der Waals surface area (Å²) < 4.78 is 13.8. The number of likely N-dealkylation sites (N-methyl/N-ethyl adjacent to an activating group) is 1. The van der Waals surface area contributed by atoms with E-state index in [1.165, 1.54) is 17.8 Å². The summed E-state index contributed by atoms with van der Waals surface area (Å²) in [6.07, 6.45) is 0.529. The zero-order valence-corrected chi connectivity index (χ0v) is 18.1. The first-order valence-corrected chi connectivity index (χ1v) is 11.1. The Kier molecular flexibility index (Phi) is 9.19. The Bertz CT molecular complexity index is 828. The van der Waals surface area contributed by atoms with E-state index in [4.69, 9.17) is 0 Å². The van der Waals surface area contributed by atoms with Gasteiger partial charge in [0.05, 0.1) is 5.75 Å². The molecule has 0 saturated heterocycles. The van der Waals surface area contributed by atoms with Crippen LogP contribution in [0, 0.1) is 12.7 Å². The van der Waals surface area contributed by atoms with Crippen LogP contribution in [0.2, 0.25) is 0 Å². The molecule has 0 spiro atoms. The number of rotatable bonds is 10. The minimum absolute atomic E-state index is 0.119. The summed E-state index contributed by atoms with van der Waals surface area (Å²) in [7, 11) is 0. The molecule has 156 valence electrons. The molecule has 6 heteroatoms. The first kappa shape index (κ1) is 22.9. The third kappa shape index (κ3) is 6.89. The van der Waals surface area contributed by atoms with Crippen LogP contribution in [0.5, 0.6) is 0 Å². The Morgan fingerprint density at radius 3 is 2.55 bits per heavy atom. The second-order valence-electron chi connectivity index (χ2n) is 6.91. The number of carbonyl (C=O) groups excluding carboxylic acids is 2. The van der Waals surface area contributed by atoms with Crippen molar-refractivity contribution in [3.63, 3.8) is 0 Å². The second-order valence-corrected chi connectivity index (χ2v) is 7.90. The van der Waals surface area contributed by atoms with Gasteiger partial charge in [-0.1, -0.05) is 55.0 Å². The second kappa shape index (κ2) is 11.6. The van der Waals surface area contributed by atoms with Crippen LogP contribution in [0.15, 0.2) is 48.5 Å². The van der Waals surface area contributed by atoms with Crippen molar-refractivity contribution in [2.75, 3.05) is 12.3 Å². The number of nitrogens with one attached hydrogen (secondary N) is 1. The largest absolute Gasteiger partial charge is 0.355 e. The number of aryl methyl sites for hydroxylation is 1. The fourth-order valence-electron chi connectivity index (χ4n) is 3.17. The number of amides is 2. The molecule has 1 N–H and O–H groups in total. The van der Waals surface area contributed by atoms with Gasteiger partial charge in [0.2, 0.25) is 11.8 Å². The van der Waals surface area contributed by atoms with Gasteiger partial charge in [-0.3, -0.25) is 9.59 Å². The van der Waals surface area contributed by atoms with E-state index in [-0.39, 0.29) is 23.4 Å². The van der Waals surface area contributed by atoms with Crippen LogP contribution in [-0.2, 0) is 21.9 Å². The van der Waals surface area contributed by atoms with Crippen molar-refractivity contribution >= 4 is 23.6 Å². The summed E-state index contributed by atoms with van der Waals surface area (Å²) in [5, 5.41) is 2.83. The highest BCUT2D eigenvalue weighted by atomic mass is 32.2. The normalized spacial score (nSPS) is 11.7. The Labute approximate surface area is 176 Å². The lowest BCUT2D eigenvalue weighted by Crippen LogP contribution is -2.49. The molecule has 0 bridgehead atoms. The molecule has 0 radical (unpaired) electrons. The molecule has 2 rings (SSSR count). The van der Waals surface area contributed by atoms with Gasteiger partial charge < -0.3 is 10.2 Å². The molecule has 29 heavy (non-hydrogen) atoms. The van der Waals surface area contributed by atoms with E-state index >= 15 is 0 Å². The number of benzene rings is 2. The van der Waals surface area contributed by atoms with Crippen LogP contribution in [0.4, 0.5) is 4.39 Å². The lowest BCUT2D eigenvalue weighted by atomic mass is 10.1. The van der Waals surface area contributed by atoms with E-state index in [0.29, 0.717) is 30.8 Å². The van der Waals surface area contributed by atoms with Gasteiger partial charge >= 0.3 is 0 Å². The Morgan fingerprint density at radius 2 is 1.90 bits per heavy atom. The van der Waals surface area contributed by atoms with E-state index in [1.54, 1.807) is 23.1 Å². The van der Waals surface area contributed by atoms with Gasteiger partial charge in [-0.15, -0.1) is 11.8 Å². The number of halogens is 1. The van der Waals surface area contributed by atoms with E-state index in [1.807, 2.05) is 45.0 Å². The van der Waals surface area contributed by atoms with Crippen molar-refractivity contribution in [3.8, 4) is 0 Å². The highest BCUT2D eigenvalue weighted by Gasteiger charge is 2.28. The third-order valence-electron chi connectivity index (χ3n) is 4.61. The van der Waals surface area contributed by atoms with Gasteiger partial charge in [0.15, 0.2) is 0 Å². The topological polar surface area (TPSA) is 49.4 Å². The highest BCUT2D eigenvalue weighted by molar-refractivity contribution is 7.99. The fraction of sp³-hybridized carbons (Fsp3) is 0.391. The predicted octanol–water partition coefficient (Wildman–Crippen LogP) is 4.31. The van der Waals surface area contributed by atoms with Gasteiger partial charge in [-0.05, 0) is 37.5 Å². The Balaban J connectivity index is 2.12. The quantitative estimate of drug-likeness (QED) is 0.628. The van der Waals surface area contributed by atoms with Crippen LogP contribution in [0.25, 0.3) is 0 Å². The number of hydrogen-bond acceptors (Lipinski definition) is 3. The van der Waals surface area contributed by atoms with Crippen LogP contribution < -0.4 is 5.32 Å². The zero-order valence-electron chi connectivity index (χ0n) is 17.3. The number of nitrogens with zero attached hydrogens (tertiary/aromatic N) is 1. The van der Waals surface area contributed by atoms with E-state index < -0.39 is 6.04 Å². The van der Waals surface area contributed by atoms with Crippen molar-refractivity contribution in [2.45, 2.75) is 45.5 Å². The van der Waals surface area contributed by atoms with E-state index in [0.717, 1.165) is 11.1 Å². The molecule has 0 aliphatic rings. The van der Waals surface area contributed by atoms with Gasteiger partial charge in [0, 0.05) is 18.8 Å². The van der Waals surface area contributed by atoms with Gasteiger partial charge in [-0.25, -0.2) is 4.39 Å². The fourth-order valence-corrected chi connectivity index (χ4v) is 4.06. The summed E-state index contributed by atoms with van der Waals surface area (Å²) in [4.78, 5) is 27.3. The van der Waals surface area contributed by atoms with E-state index in [2.05, 4.69) is 5.32 Å². The third-order valence-corrected chi connectivity index (χ3v) is 5.58. The Hall–Kier alpha value is -2.34. The van der Waals surface area contributed by atoms with Crippen molar-refractivity contribution in [3.05, 3.63) is 71.0 Å². The molecule has 0 aliphatic heterocycles. The predicted molar refractivity (Wildman–Crippen MR) is 117 cm³/mol. The van der Waals surface area contributed by atoms with Gasteiger partial charge in [0.1, 0.15) is 11.9 Å². The molecule has 0 aromatic heterocycles. The molecule has 4 nitrogen and oxygen atoms in total. The molecule has 2 aromatic rings. The first-order chi connectivity index (χ1) is 14.0. The standard InChI is InChI=1S/C23H29FN2O2S/c1-4-21(23(28)25-5-2)26(14-18-10-8-9-17(3)13-18)22(27)16-29-15-19-11-6-7-12-20(19)24/h6-13,21H,4-5,14-16H2,1-3H3,(H,25,28). The number of thioether (sulfide) groups is 1. The minimum atomic E-state index is -0.531. The van der Waals surface area contributed by atoms with Crippen LogP contribution in [0.3, 0.4) is 0 Å². The smallest absolute Gasteiger partial charge is 0.242 e. The average molecular weight is 417 g/mol. The van der Waals surface area contributed by atoms with Crippen LogP contribution in [0.1, 0.15) is 37.0 Å². The Morgan fingerprint density at radius 1 is 1.14 bits per heavy atom. The van der Waals surface area contributed by atoms with Crippen molar-refractivity contribution in [2.24, 2.45) is 0 Å². The zero-order chi connectivity index (χ0) is 21.2. The molecule has 2 amide bonds. The maximum atomic E-state index is 13.8. The number of hydrogen-bond donors (Lipinski definition) is 1. The molecular weight excluding hydrogens is 387 g/mol. The summed E-state index contributed by atoms with van der Waals surface area (Å²) in [6, 6.07) is 14.0. The average Bonchev–Trinajstić information content (AvgIpc) is 2.69. The highest BCUT2D eigenvalue weighted by Crippen LogP contribution is 2.19. The molecule has 0 heterocycles. The lowest BCUT2D eigenvalue weighted by Gasteiger charge is -2.30. The maximum Gasteiger partial charge on any atom is 0.242 e. The SMILES string of the molecule is CCNC(=O)C(CC)N(Cc1cccc(C)c1)C(=O)CSCc1ccccc1F. The molecule has 0 saturated carbocycles. The van der Waals surface area contributed by atoms with Crippen molar-refractivity contribution in [1.82, 2.24) is 10.2 Å². The minimum Gasteiger partial charge on any atom is -0.355 e. The summed E-state index contributed by atoms with van der Waals surface area (Å²) >= 11 is 1.36. The monoisotopic (exact) mass is 416 g/mol.